The lowest BCUT2D eigenvalue weighted by atomic mass is 10.1. The van der Waals surface area contributed by atoms with Gasteiger partial charge in [-0.3, -0.25) is 9.89 Å². The monoisotopic (exact) mass is 346 g/mol. The first-order valence-electron chi connectivity index (χ1n) is 9.12. The molecular weight excluding hydrogens is 308 g/mol. The first kappa shape index (κ1) is 23.2. The number of nitrogens with one attached hydrogen (secondary N) is 1. The van der Waals surface area contributed by atoms with Crippen molar-refractivity contribution >= 4 is 5.71 Å². The maximum absolute atomic E-state index is 6.39. The van der Waals surface area contributed by atoms with E-state index >= 15 is 0 Å². The maximum Gasteiger partial charge on any atom is 0.107 e. The molecule has 0 amide bonds. The van der Waals surface area contributed by atoms with Gasteiger partial charge in [-0.2, -0.15) is 0 Å². The van der Waals surface area contributed by atoms with Crippen LogP contribution in [0.15, 0.2) is 52.5 Å². The summed E-state index contributed by atoms with van der Waals surface area (Å²) in [4.78, 5) is 6.59. The number of rotatable bonds is 10. The van der Waals surface area contributed by atoms with Gasteiger partial charge in [-0.15, -0.1) is 0 Å². The summed E-state index contributed by atoms with van der Waals surface area (Å²) in [5, 5.41) is 3.36. The molecule has 0 aromatic rings. The van der Waals surface area contributed by atoms with Crippen LogP contribution in [0.1, 0.15) is 48.0 Å². The quantitative estimate of drug-likeness (QED) is 0.353. The Morgan fingerprint density at radius 1 is 1.24 bits per heavy atom. The third-order valence-corrected chi connectivity index (χ3v) is 4.01. The first-order chi connectivity index (χ1) is 11.7. The summed E-state index contributed by atoms with van der Waals surface area (Å²) in [5.41, 5.74) is 9.39. The number of nitrogens with two attached hydrogens (primary N) is 1. The summed E-state index contributed by atoms with van der Waals surface area (Å²) in [6, 6.07) is 0.444. The highest BCUT2D eigenvalue weighted by Gasteiger charge is 2.13. The van der Waals surface area contributed by atoms with Gasteiger partial charge in [0.25, 0.3) is 0 Å². The minimum absolute atomic E-state index is 0.444. The molecule has 4 heteroatoms. The van der Waals surface area contributed by atoms with Crippen molar-refractivity contribution in [2.45, 2.75) is 54.0 Å². The number of hydrogen-bond acceptors (Lipinski definition) is 4. The molecule has 0 saturated carbocycles. The average Bonchev–Trinajstić information content (AvgIpc) is 2.55. The van der Waals surface area contributed by atoms with Gasteiger partial charge in [0.2, 0.25) is 0 Å². The van der Waals surface area contributed by atoms with Crippen molar-refractivity contribution in [1.29, 1.82) is 0 Å². The van der Waals surface area contributed by atoms with Gasteiger partial charge in [-0.1, -0.05) is 38.2 Å². The van der Waals surface area contributed by atoms with Crippen molar-refractivity contribution in [1.82, 2.24) is 10.2 Å². The molecule has 0 aliphatic carbocycles. The Kier molecular flexibility index (Phi) is 11.6. The molecule has 0 spiro atoms. The van der Waals surface area contributed by atoms with Crippen LogP contribution >= 0.6 is 0 Å². The third kappa shape index (κ3) is 9.92. The summed E-state index contributed by atoms with van der Waals surface area (Å²) in [7, 11) is 3.90. The molecule has 0 unspecified atom stereocenters. The Labute approximate surface area is 155 Å². The minimum Gasteiger partial charge on any atom is -0.385 e. The third-order valence-electron chi connectivity index (χ3n) is 4.01. The van der Waals surface area contributed by atoms with E-state index in [1.54, 1.807) is 7.05 Å². The van der Waals surface area contributed by atoms with Crippen LogP contribution in [-0.2, 0) is 0 Å². The van der Waals surface area contributed by atoms with Crippen LogP contribution in [-0.4, -0.2) is 37.3 Å². The fraction of sp³-hybridized carbons (Fsp3) is 0.571. The molecule has 0 aliphatic heterocycles. The maximum atomic E-state index is 6.39. The predicted octanol–water partition coefficient (Wildman–Crippen LogP) is 4.24. The van der Waals surface area contributed by atoms with Crippen molar-refractivity contribution in [2.75, 3.05) is 20.6 Å². The predicted molar refractivity (Wildman–Crippen MR) is 113 cm³/mol. The zero-order valence-corrected chi connectivity index (χ0v) is 17.4. The van der Waals surface area contributed by atoms with E-state index in [0.717, 1.165) is 29.9 Å². The van der Waals surface area contributed by atoms with Gasteiger partial charge in [0, 0.05) is 36.6 Å². The molecule has 3 N–H and O–H groups in total. The zero-order valence-electron chi connectivity index (χ0n) is 17.4. The van der Waals surface area contributed by atoms with Crippen LogP contribution in [0.4, 0.5) is 0 Å². The van der Waals surface area contributed by atoms with Crippen molar-refractivity contribution < 1.29 is 0 Å². The number of allylic oxidation sites excluding steroid dienone is 5. The van der Waals surface area contributed by atoms with E-state index in [2.05, 4.69) is 68.2 Å². The van der Waals surface area contributed by atoms with Crippen LogP contribution in [0.5, 0.6) is 0 Å². The van der Waals surface area contributed by atoms with Gasteiger partial charge >= 0.3 is 0 Å². The lowest BCUT2D eigenvalue weighted by molar-refractivity contribution is 0.299. The van der Waals surface area contributed by atoms with Gasteiger partial charge in [0.15, 0.2) is 0 Å². The van der Waals surface area contributed by atoms with Crippen molar-refractivity contribution in [3.63, 3.8) is 0 Å². The minimum atomic E-state index is 0.444. The van der Waals surface area contributed by atoms with Crippen LogP contribution < -0.4 is 11.1 Å². The average molecular weight is 347 g/mol. The number of likely N-dealkylation sites (N-methyl/N-ethyl adjacent to an activating group) is 1. The lowest BCUT2D eigenvalue weighted by Crippen LogP contribution is -2.33. The van der Waals surface area contributed by atoms with Gasteiger partial charge in [0.05, 0.1) is 0 Å². The van der Waals surface area contributed by atoms with Crippen LogP contribution in [0.25, 0.3) is 0 Å². The Morgan fingerprint density at radius 3 is 2.36 bits per heavy atom. The van der Waals surface area contributed by atoms with E-state index in [-0.39, 0.29) is 0 Å². The highest BCUT2D eigenvalue weighted by atomic mass is 15.1. The van der Waals surface area contributed by atoms with Gasteiger partial charge in [0.1, 0.15) is 5.82 Å². The first-order valence-corrected chi connectivity index (χ1v) is 9.12. The molecule has 0 radical (unpaired) electrons. The molecule has 0 atom stereocenters. The second-order valence-corrected chi connectivity index (χ2v) is 6.90. The molecule has 0 heterocycles. The van der Waals surface area contributed by atoms with Gasteiger partial charge in [-0.05, 0) is 53.2 Å². The molecule has 0 aliphatic rings. The fourth-order valence-electron chi connectivity index (χ4n) is 2.08. The van der Waals surface area contributed by atoms with Crippen LogP contribution in [0.3, 0.4) is 0 Å². The van der Waals surface area contributed by atoms with E-state index < -0.39 is 0 Å². The van der Waals surface area contributed by atoms with Gasteiger partial charge < -0.3 is 11.1 Å². The molecular formula is C21H38N4. The summed E-state index contributed by atoms with van der Waals surface area (Å²) in [6.07, 6.45) is 11.5. The Morgan fingerprint density at radius 2 is 1.88 bits per heavy atom. The van der Waals surface area contributed by atoms with Crippen molar-refractivity contribution in [3.05, 3.63) is 47.5 Å². The number of aliphatic imine (C=N–C) groups is 1. The second kappa shape index (κ2) is 12.5. The molecule has 0 aromatic heterocycles. The highest BCUT2D eigenvalue weighted by molar-refractivity contribution is 5.99. The zero-order chi connectivity index (χ0) is 19.4. The second-order valence-electron chi connectivity index (χ2n) is 6.90. The largest absolute Gasteiger partial charge is 0.385 e. The van der Waals surface area contributed by atoms with E-state index in [9.17, 15) is 0 Å². The summed E-state index contributed by atoms with van der Waals surface area (Å²) < 4.78 is 0. The van der Waals surface area contributed by atoms with E-state index in [1.165, 1.54) is 0 Å². The van der Waals surface area contributed by atoms with Crippen molar-refractivity contribution in [3.8, 4) is 0 Å². The molecule has 0 saturated heterocycles. The molecule has 4 nitrogen and oxygen atoms in total. The number of hydrogen-bond donors (Lipinski definition) is 2. The lowest BCUT2D eigenvalue weighted by Gasteiger charge is -2.24. The van der Waals surface area contributed by atoms with Crippen LogP contribution in [0.2, 0.25) is 0 Å². The smallest absolute Gasteiger partial charge is 0.107 e. The number of nitrogens with zero attached hydrogens (tertiary/aromatic N) is 2. The van der Waals surface area contributed by atoms with Crippen LogP contribution in [0, 0.1) is 5.92 Å². The van der Waals surface area contributed by atoms with Gasteiger partial charge in [-0.25, -0.2) is 0 Å². The Balaban J connectivity index is 5.43. The molecule has 0 rings (SSSR count). The standard InChI is InChI=1S/C21H38N4/c1-9-12-19(14-11-10-13-16(2)3)24-21(22)20(18(6)23-7)15-25(8)17(4)5/h9-10,12-14,16-17,24H,11,15,22H2,1-8H3/b12-9-,13-10+,19-14+,21-20+,23-18-. The topological polar surface area (TPSA) is 53.6 Å². The molecule has 25 heavy (non-hydrogen) atoms. The molecule has 0 fully saturated rings. The molecule has 142 valence electrons. The summed E-state index contributed by atoms with van der Waals surface area (Å²) in [5.74, 6) is 1.23. The normalized spacial score (nSPS) is 15.2. The Bertz CT molecular complexity index is 534. The molecule has 0 aromatic carbocycles. The fourth-order valence-corrected chi connectivity index (χ4v) is 2.08. The van der Waals surface area contributed by atoms with E-state index in [1.807, 2.05) is 26.0 Å². The molecule has 0 bridgehead atoms. The van der Waals surface area contributed by atoms with Crippen molar-refractivity contribution in [2.24, 2.45) is 16.6 Å². The van der Waals surface area contributed by atoms with E-state index in [0.29, 0.717) is 17.8 Å². The highest BCUT2D eigenvalue weighted by Crippen LogP contribution is 2.09. The Hall–Kier alpha value is -1.81. The van der Waals surface area contributed by atoms with E-state index in [4.69, 9.17) is 5.73 Å². The summed E-state index contributed by atoms with van der Waals surface area (Å²) in [6.45, 7) is 13.5. The summed E-state index contributed by atoms with van der Waals surface area (Å²) >= 11 is 0. The SMILES string of the molecule is C/C=C\C(=C/C/C=C/C(C)C)N/C(N)=C(CN(C)C(C)C)/C(C)=N\C.